The van der Waals surface area contributed by atoms with Gasteiger partial charge in [-0.05, 0) is 80.4 Å². The minimum Gasteiger partial charge on any atom is -0.488 e. The van der Waals surface area contributed by atoms with Crippen LogP contribution < -0.4 is 15.0 Å². The van der Waals surface area contributed by atoms with Gasteiger partial charge >= 0.3 is 6.18 Å². The number of anilines is 1. The van der Waals surface area contributed by atoms with Crippen molar-refractivity contribution in [2.75, 3.05) is 31.1 Å². The summed E-state index contributed by atoms with van der Waals surface area (Å²) in [6.07, 6.45) is -2.17. The Bertz CT molecular complexity index is 2540. The molecule has 6 heterocycles. The predicted molar refractivity (Wildman–Crippen MR) is 216 cm³/mol. The van der Waals surface area contributed by atoms with Crippen molar-refractivity contribution in [2.24, 2.45) is 16.7 Å². The molecule has 4 fully saturated rings. The van der Waals surface area contributed by atoms with Gasteiger partial charge in [0.2, 0.25) is 11.8 Å². The number of hydrogen-bond donors (Lipinski definition) is 1. The number of amides is 5. The standard InChI is InChI=1S/C46H44F3N7O6/c1-44(2)42(45(3,4)43(44)62-30-19-34(46(47,48)49)35(20-50)51-21-30)55-22-27-17-26(7-9-31(27)39(55)59)6-5-25-13-15-53(16-14-25)29-23-54(24-29)28-8-10-32-33(18-28)41(61)56(40(32)60)36-11-12-37(57)52-38(36)58/h7-10,17-19,21,25,29,36,42-43H,11-16,22-24H2,1-4H3,(H,52,57,58)/t36?,42-,43-. The summed E-state index contributed by atoms with van der Waals surface area (Å²) in [7, 11) is 0. The number of alkyl halides is 3. The number of imide groups is 2. The predicted octanol–water partition coefficient (Wildman–Crippen LogP) is 5.16. The second-order valence-electron chi connectivity index (χ2n) is 18.3. The van der Waals surface area contributed by atoms with E-state index in [4.69, 9.17) is 10.00 Å². The van der Waals surface area contributed by atoms with Gasteiger partial charge in [-0.2, -0.15) is 18.4 Å². The third kappa shape index (κ3) is 6.76. The molecule has 1 aliphatic carbocycles. The number of rotatable bonds is 6. The van der Waals surface area contributed by atoms with Crippen LogP contribution in [0, 0.1) is 39.9 Å². The van der Waals surface area contributed by atoms with Gasteiger partial charge in [0.15, 0.2) is 5.69 Å². The average molecular weight is 848 g/mol. The lowest BCUT2D eigenvalue weighted by molar-refractivity contribution is -0.199. The Balaban J connectivity index is 0.781. The molecule has 0 bridgehead atoms. The molecule has 5 amide bonds. The largest absolute Gasteiger partial charge is 0.488 e. The summed E-state index contributed by atoms with van der Waals surface area (Å²) < 4.78 is 47.1. The normalized spacial score (nSPS) is 24.7. The van der Waals surface area contributed by atoms with E-state index >= 15 is 0 Å². The molecule has 62 heavy (non-hydrogen) atoms. The van der Waals surface area contributed by atoms with Crippen LogP contribution >= 0.6 is 0 Å². The number of nitriles is 1. The Kier molecular flexibility index (Phi) is 9.74. The van der Waals surface area contributed by atoms with Crippen LogP contribution in [-0.2, 0) is 22.3 Å². The molecule has 0 spiro atoms. The van der Waals surface area contributed by atoms with Crippen LogP contribution in [0.3, 0.4) is 0 Å². The van der Waals surface area contributed by atoms with Gasteiger partial charge < -0.3 is 14.5 Å². The number of fused-ring (bicyclic) bond motifs is 2. The van der Waals surface area contributed by atoms with Crippen LogP contribution in [0.25, 0.3) is 0 Å². The Hall–Kier alpha value is -6.26. The number of carbonyl (C=O) groups is 5. The lowest BCUT2D eigenvalue weighted by Crippen LogP contribution is -2.74. The highest BCUT2D eigenvalue weighted by atomic mass is 19.4. The van der Waals surface area contributed by atoms with Gasteiger partial charge in [0.25, 0.3) is 17.7 Å². The van der Waals surface area contributed by atoms with E-state index in [1.807, 2.05) is 56.9 Å². The number of piperidine rings is 2. The Morgan fingerprint density at radius 3 is 2.24 bits per heavy atom. The maximum absolute atomic E-state index is 13.8. The van der Waals surface area contributed by atoms with Gasteiger partial charge in [-0.3, -0.25) is 39.1 Å². The van der Waals surface area contributed by atoms with Crippen molar-refractivity contribution < 1.29 is 41.9 Å². The first-order chi connectivity index (χ1) is 29.4. The fourth-order valence-corrected chi connectivity index (χ4v) is 10.9. The Labute approximate surface area is 356 Å². The van der Waals surface area contributed by atoms with Gasteiger partial charge in [-0.15, -0.1) is 0 Å². The van der Waals surface area contributed by atoms with Gasteiger partial charge in [0.05, 0.1) is 22.9 Å². The van der Waals surface area contributed by atoms with Gasteiger partial charge in [0.1, 0.15) is 24.0 Å². The van der Waals surface area contributed by atoms with Crippen LogP contribution in [0.5, 0.6) is 5.75 Å². The van der Waals surface area contributed by atoms with E-state index in [-0.39, 0.29) is 47.6 Å². The third-order valence-electron chi connectivity index (χ3n) is 13.7. The minimum atomic E-state index is -4.77. The first-order valence-electron chi connectivity index (χ1n) is 20.8. The number of ether oxygens (including phenoxy) is 1. The van der Waals surface area contributed by atoms with Crippen molar-refractivity contribution in [1.29, 1.82) is 5.26 Å². The van der Waals surface area contributed by atoms with E-state index in [0.29, 0.717) is 18.2 Å². The number of aromatic nitrogens is 1. The number of benzene rings is 2. The average Bonchev–Trinajstić information content (AvgIpc) is 3.65. The number of pyridine rings is 1. The first-order valence-corrected chi connectivity index (χ1v) is 20.8. The SMILES string of the molecule is CC1(C)[C@H](Oc2cnc(C#N)c(C(F)(F)F)c2)C(C)(C)[C@H]1N1Cc2cc(C#CC3CCN(C4CN(c5ccc6c(c5)C(=O)N(C5CCC(=O)NC5=O)C6=O)C4)CC3)ccc2C1=O. The molecule has 1 saturated carbocycles. The lowest BCUT2D eigenvalue weighted by atomic mass is 9.49. The Morgan fingerprint density at radius 1 is 0.871 bits per heavy atom. The fourth-order valence-electron chi connectivity index (χ4n) is 10.9. The summed E-state index contributed by atoms with van der Waals surface area (Å²) in [4.78, 5) is 75.4. The first kappa shape index (κ1) is 41.1. The molecule has 6 aliphatic rings. The molecule has 1 aromatic heterocycles. The molecule has 5 aliphatic heterocycles. The zero-order valence-corrected chi connectivity index (χ0v) is 34.6. The van der Waals surface area contributed by atoms with E-state index in [0.717, 1.165) is 73.0 Å². The molecule has 0 radical (unpaired) electrons. The molecule has 16 heteroatoms. The zero-order valence-electron chi connectivity index (χ0n) is 34.6. The van der Waals surface area contributed by atoms with Crippen molar-refractivity contribution in [2.45, 2.75) is 90.3 Å². The maximum atomic E-state index is 13.8. The van der Waals surface area contributed by atoms with E-state index in [9.17, 15) is 37.1 Å². The topological polar surface area (TPSA) is 156 Å². The third-order valence-corrected chi connectivity index (χ3v) is 13.7. The molecule has 1 unspecified atom stereocenters. The molecule has 9 rings (SSSR count). The monoisotopic (exact) mass is 847 g/mol. The van der Waals surface area contributed by atoms with Crippen molar-refractivity contribution in [3.8, 4) is 23.7 Å². The zero-order chi connectivity index (χ0) is 44.0. The second kappa shape index (κ2) is 14.7. The second-order valence-corrected chi connectivity index (χ2v) is 18.3. The van der Waals surface area contributed by atoms with Crippen molar-refractivity contribution in [3.05, 3.63) is 87.7 Å². The van der Waals surface area contributed by atoms with E-state index in [2.05, 4.69) is 31.9 Å². The highest BCUT2D eigenvalue weighted by molar-refractivity contribution is 6.23. The molecule has 3 aromatic rings. The molecular formula is C46H44F3N7O6. The highest BCUT2D eigenvalue weighted by Crippen LogP contribution is 2.59. The van der Waals surface area contributed by atoms with Gasteiger partial charge in [0, 0.05) is 71.7 Å². The number of nitrogens with one attached hydrogen (secondary N) is 1. The molecule has 1 N–H and O–H groups in total. The number of likely N-dealkylation sites (tertiary alicyclic amines) is 1. The summed E-state index contributed by atoms with van der Waals surface area (Å²) in [5.41, 5.74) is 0.550. The quantitative estimate of drug-likeness (QED) is 0.260. The smallest absolute Gasteiger partial charge is 0.419 e. The maximum Gasteiger partial charge on any atom is 0.419 e. The number of nitrogens with zero attached hydrogens (tertiary/aromatic N) is 6. The summed E-state index contributed by atoms with van der Waals surface area (Å²) in [6.45, 7) is 11.5. The van der Waals surface area contributed by atoms with Gasteiger partial charge in [-0.25, -0.2) is 4.98 Å². The van der Waals surface area contributed by atoms with E-state index < -0.39 is 64.0 Å². The highest BCUT2D eigenvalue weighted by Gasteiger charge is 2.67. The molecular weight excluding hydrogens is 804 g/mol. The minimum absolute atomic E-state index is 0.0682. The van der Waals surface area contributed by atoms with Crippen molar-refractivity contribution in [3.63, 3.8) is 0 Å². The molecule has 3 saturated heterocycles. The van der Waals surface area contributed by atoms with Crippen LogP contribution in [-0.4, -0.2) is 99.6 Å². The lowest BCUT2D eigenvalue weighted by Gasteiger charge is -2.65. The van der Waals surface area contributed by atoms with Crippen molar-refractivity contribution in [1.82, 2.24) is 25.0 Å². The summed E-state index contributed by atoms with van der Waals surface area (Å²) in [6, 6.07) is 12.2. The van der Waals surface area contributed by atoms with Crippen LogP contribution in [0.2, 0.25) is 0 Å². The molecule has 13 nitrogen and oxygen atoms in total. The van der Waals surface area contributed by atoms with E-state index in [1.54, 1.807) is 12.1 Å². The molecule has 1 atom stereocenters. The number of halogens is 3. The fraction of sp³-hybridized carbons (Fsp3) is 0.457. The summed E-state index contributed by atoms with van der Waals surface area (Å²) in [5, 5.41) is 11.4. The van der Waals surface area contributed by atoms with Gasteiger partial charge in [-0.1, -0.05) is 39.5 Å². The summed E-state index contributed by atoms with van der Waals surface area (Å²) >= 11 is 0. The Morgan fingerprint density at radius 2 is 1.56 bits per heavy atom. The van der Waals surface area contributed by atoms with Crippen molar-refractivity contribution >= 4 is 35.2 Å². The number of carbonyl (C=O) groups excluding carboxylic acids is 5. The molecule has 320 valence electrons. The summed E-state index contributed by atoms with van der Waals surface area (Å²) in [5.74, 6) is 4.76. The number of hydrogen-bond acceptors (Lipinski definition) is 10. The van der Waals surface area contributed by atoms with Crippen LogP contribution in [0.4, 0.5) is 18.9 Å². The molecule has 2 aromatic carbocycles. The van der Waals surface area contributed by atoms with Crippen LogP contribution in [0.15, 0.2) is 48.7 Å². The van der Waals surface area contributed by atoms with E-state index in [1.165, 1.54) is 6.07 Å². The van der Waals surface area contributed by atoms with Crippen LogP contribution in [0.1, 0.15) is 107 Å².